The minimum absolute atomic E-state index is 0.0213. The topological polar surface area (TPSA) is 80.7 Å². The van der Waals surface area contributed by atoms with Crippen LogP contribution in [0.5, 0.6) is 5.75 Å². The molecule has 0 saturated heterocycles. The first-order valence-electron chi connectivity index (χ1n) is 6.03. The molecule has 0 aromatic heterocycles. The first-order valence-corrected chi connectivity index (χ1v) is 8.44. The number of carboxylic acids is 1. The lowest BCUT2D eigenvalue weighted by Crippen LogP contribution is -2.32. The smallest absolute Gasteiger partial charge is 0.339 e. The Kier molecular flexibility index (Phi) is 5.52. The predicted octanol–water partition coefficient (Wildman–Crippen LogP) is 3.28. The van der Waals surface area contributed by atoms with Gasteiger partial charge in [0.2, 0.25) is 0 Å². The van der Waals surface area contributed by atoms with Gasteiger partial charge in [-0.15, -0.1) is 0 Å². The van der Waals surface area contributed by atoms with Crippen molar-refractivity contribution in [2.75, 3.05) is 12.4 Å². The summed E-state index contributed by atoms with van der Waals surface area (Å²) in [6.07, 6.45) is 0. The van der Waals surface area contributed by atoms with Crippen LogP contribution < -0.4 is 4.74 Å². The van der Waals surface area contributed by atoms with Gasteiger partial charge in [0.1, 0.15) is 12.2 Å². The Balaban J connectivity index is 2.93. The van der Waals surface area contributed by atoms with Crippen molar-refractivity contribution in [3.8, 4) is 5.75 Å². The molecule has 118 valence electrons. The Bertz CT molecular complexity index is 647. The zero-order valence-electron chi connectivity index (χ0n) is 11.8. The van der Waals surface area contributed by atoms with E-state index in [1.54, 1.807) is 20.8 Å². The Morgan fingerprint density at radius 3 is 2.33 bits per heavy atom. The summed E-state index contributed by atoms with van der Waals surface area (Å²) in [5.74, 6) is -1.58. The van der Waals surface area contributed by atoms with Crippen LogP contribution in [-0.2, 0) is 9.84 Å². The van der Waals surface area contributed by atoms with Gasteiger partial charge in [-0.3, -0.25) is 0 Å². The second kappa shape index (κ2) is 6.42. The number of carboxylic acid groups (broad SMARTS) is 1. The highest BCUT2D eigenvalue weighted by Gasteiger charge is 2.29. The maximum Gasteiger partial charge on any atom is 0.339 e. The lowest BCUT2D eigenvalue weighted by atomic mass is 10.2. The van der Waals surface area contributed by atoms with Gasteiger partial charge in [-0.05, 0) is 32.9 Å². The van der Waals surface area contributed by atoms with Gasteiger partial charge in [0.25, 0.3) is 0 Å². The number of ether oxygens (including phenoxy) is 1. The summed E-state index contributed by atoms with van der Waals surface area (Å²) in [5, 5.41) is 9.27. The second-order valence-electron chi connectivity index (χ2n) is 5.35. The summed E-state index contributed by atoms with van der Waals surface area (Å²) < 4.78 is 28.3. The molecule has 8 heteroatoms. The zero-order chi connectivity index (χ0) is 16.4. The van der Waals surface area contributed by atoms with E-state index in [9.17, 15) is 13.2 Å². The molecule has 1 N–H and O–H groups in total. The first-order chi connectivity index (χ1) is 9.45. The van der Waals surface area contributed by atoms with Crippen molar-refractivity contribution in [3.63, 3.8) is 0 Å². The first kappa shape index (κ1) is 18.1. The van der Waals surface area contributed by atoms with Crippen LogP contribution in [0.1, 0.15) is 31.1 Å². The molecule has 5 nitrogen and oxygen atoms in total. The maximum atomic E-state index is 11.9. The van der Waals surface area contributed by atoms with Crippen LogP contribution in [0, 0.1) is 0 Å². The van der Waals surface area contributed by atoms with Crippen LogP contribution in [0.15, 0.2) is 12.1 Å². The van der Waals surface area contributed by atoms with Crippen molar-refractivity contribution in [1.82, 2.24) is 0 Å². The van der Waals surface area contributed by atoms with Gasteiger partial charge in [0.15, 0.2) is 15.6 Å². The highest BCUT2D eigenvalue weighted by molar-refractivity contribution is 7.92. The fourth-order valence-corrected chi connectivity index (χ4v) is 2.89. The van der Waals surface area contributed by atoms with E-state index in [1.807, 2.05) is 0 Å². The van der Waals surface area contributed by atoms with Gasteiger partial charge in [-0.2, -0.15) is 0 Å². The van der Waals surface area contributed by atoms with Crippen LogP contribution in [0.4, 0.5) is 0 Å². The Labute approximate surface area is 133 Å². The number of hydrogen-bond donors (Lipinski definition) is 1. The highest BCUT2D eigenvalue weighted by atomic mass is 35.5. The second-order valence-corrected chi connectivity index (χ2v) is 9.06. The monoisotopic (exact) mass is 354 g/mol. The Morgan fingerprint density at radius 1 is 1.29 bits per heavy atom. The fraction of sp³-hybridized carbons (Fsp3) is 0.462. The molecule has 0 radical (unpaired) electrons. The van der Waals surface area contributed by atoms with Gasteiger partial charge < -0.3 is 9.84 Å². The predicted molar refractivity (Wildman–Crippen MR) is 82.5 cm³/mol. The van der Waals surface area contributed by atoms with Gasteiger partial charge in [0, 0.05) is 5.02 Å². The zero-order valence-corrected chi connectivity index (χ0v) is 14.1. The van der Waals surface area contributed by atoms with E-state index >= 15 is 0 Å². The Hall–Kier alpha value is -0.980. The minimum atomic E-state index is -3.36. The van der Waals surface area contributed by atoms with Crippen LogP contribution in [-0.4, -0.2) is 36.6 Å². The quantitative estimate of drug-likeness (QED) is 0.877. The number of aromatic carboxylic acids is 1. The molecule has 0 heterocycles. The number of benzene rings is 1. The average molecular weight is 355 g/mol. The molecule has 21 heavy (non-hydrogen) atoms. The molecule has 0 spiro atoms. The van der Waals surface area contributed by atoms with E-state index in [2.05, 4.69) is 0 Å². The van der Waals surface area contributed by atoms with E-state index in [0.717, 1.165) is 0 Å². The SMILES string of the molecule is CC(C)(C)S(=O)(=O)CCOc1c(Cl)cc(Cl)cc1C(=O)O. The van der Waals surface area contributed by atoms with Crippen molar-refractivity contribution in [1.29, 1.82) is 0 Å². The molecule has 0 bridgehead atoms. The van der Waals surface area contributed by atoms with E-state index in [-0.39, 0.29) is 33.7 Å². The molecular weight excluding hydrogens is 339 g/mol. The molecule has 0 saturated carbocycles. The van der Waals surface area contributed by atoms with Crippen LogP contribution in [0.3, 0.4) is 0 Å². The number of hydrogen-bond acceptors (Lipinski definition) is 4. The van der Waals surface area contributed by atoms with Gasteiger partial charge in [-0.25, -0.2) is 13.2 Å². The largest absolute Gasteiger partial charge is 0.490 e. The lowest BCUT2D eigenvalue weighted by Gasteiger charge is -2.19. The van der Waals surface area contributed by atoms with Crippen LogP contribution in [0.25, 0.3) is 0 Å². The number of sulfone groups is 1. The molecule has 0 unspecified atom stereocenters. The number of halogens is 2. The molecule has 1 aromatic rings. The van der Waals surface area contributed by atoms with Gasteiger partial charge in [-0.1, -0.05) is 23.2 Å². The molecule has 0 fully saturated rings. The summed E-state index contributed by atoms with van der Waals surface area (Å²) in [6, 6.07) is 2.53. The molecule has 0 atom stereocenters. The standard InChI is InChI=1S/C13H16Cl2O5S/c1-13(2,3)21(18,19)5-4-20-11-9(12(16)17)6-8(14)7-10(11)15/h6-7H,4-5H2,1-3H3,(H,16,17). The Morgan fingerprint density at radius 2 is 1.86 bits per heavy atom. The maximum absolute atomic E-state index is 11.9. The van der Waals surface area contributed by atoms with Gasteiger partial charge in [0.05, 0.1) is 15.5 Å². The summed E-state index contributed by atoms with van der Waals surface area (Å²) in [7, 11) is -3.36. The van der Waals surface area contributed by atoms with Crippen molar-refractivity contribution >= 4 is 39.0 Å². The van der Waals surface area contributed by atoms with E-state index in [1.165, 1.54) is 12.1 Å². The third kappa shape index (κ3) is 4.49. The summed E-state index contributed by atoms with van der Waals surface area (Å²) in [4.78, 5) is 11.1. The molecule has 0 aliphatic heterocycles. The fourth-order valence-electron chi connectivity index (χ4n) is 1.43. The number of carbonyl (C=O) groups is 1. The van der Waals surface area contributed by atoms with E-state index < -0.39 is 20.6 Å². The van der Waals surface area contributed by atoms with Crippen LogP contribution >= 0.6 is 23.2 Å². The third-order valence-corrected chi connectivity index (χ3v) is 5.84. The molecule has 0 aliphatic rings. The summed E-state index contributed by atoms with van der Waals surface area (Å²) >= 11 is 11.6. The molecule has 1 aromatic carbocycles. The molecule has 1 rings (SSSR count). The van der Waals surface area contributed by atoms with E-state index in [0.29, 0.717) is 0 Å². The van der Waals surface area contributed by atoms with E-state index in [4.69, 9.17) is 33.0 Å². The third-order valence-electron chi connectivity index (χ3n) is 2.77. The highest BCUT2D eigenvalue weighted by Crippen LogP contribution is 2.32. The van der Waals surface area contributed by atoms with Crippen LogP contribution in [0.2, 0.25) is 10.0 Å². The van der Waals surface area contributed by atoms with Gasteiger partial charge >= 0.3 is 5.97 Å². The lowest BCUT2D eigenvalue weighted by molar-refractivity contribution is 0.0692. The number of rotatable bonds is 5. The molecule has 0 aliphatic carbocycles. The van der Waals surface area contributed by atoms with Crippen molar-refractivity contribution in [3.05, 3.63) is 27.7 Å². The summed E-state index contributed by atoms with van der Waals surface area (Å²) in [5.41, 5.74) is -0.208. The van der Waals surface area contributed by atoms with Crippen molar-refractivity contribution in [2.45, 2.75) is 25.5 Å². The summed E-state index contributed by atoms with van der Waals surface area (Å²) in [6.45, 7) is 4.56. The normalized spacial score (nSPS) is 12.2. The van der Waals surface area contributed by atoms with Crippen molar-refractivity contribution in [2.24, 2.45) is 0 Å². The van der Waals surface area contributed by atoms with Crippen molar-refractivity contribution < 1.29 is 23.1 Å². The molecular formula is C13H16Cl2O5S. The average Bonchev–Trinajstić information content (AvgIpc) is 2.29. The minimum Gasteiger partial charge on any atom is -0.490 e. The molecule has 0 amide bonds.